The first-order valence-corrected chi connectivity index (χ1v) is 3.91. The van der Waals surface area contributed by atoms with Gasteiger partial charge in [-0.2, -0.15) is 0 Å². The molecule has 1 aromatic rings. The molecule has 0 aliphatic rings. The maximum Gasteiger partial charge on any atom is 0.126 e. The van der Waals surface area contributed by atoms with Crippen molar-refractivity contribution < 1.29 is 0 Å². The summed E-state index contributed by atoms with van der Waals surface area (Å²) in [5, 5.41) is 3.18. The minimum atomic E-state index is 0.926. The van der Waals surface area contributed by atoms with E-state index in [-0.39, 0.29) is 0 Å². The van der Waals surface area contributed by atoms with Crippen molar-refractivity contribution in [2.75, 3.05) is 11.9 Å². The Morgan fingerprint density at radius 2 is 2.09 bits per heavy atom. The Bertz CT molecular complexity index is 223. The van der Waals surface area contributed by atoms with E-state index in [1.165, 1.54) is 5.56 Å². The van der Waals surface area contributed by atoms with E-state index in [0.717, 1.165) is 18.1 Å². The van der Waals surface area contributed by atoms with Crippen molar-refractivity contribution in [1.82, 2.24) is 4.98 Å². The van der Waals surface area contributed by atoms with Crippen molar-refractivity contribution in [2.45, 2.75) is 20.8 Å². The first-order valence-electron chi connectivity index (χ1n) is 3.91. The van der Waals surface area contributed by atoms with Gasteiger partial charge in [-0.25, -0.2) is 4.98 Å². The molecule has 1 rings (SSSR count). The molecule has 0 unspecified atom stereocenters. The van der Waals surface area contributed by atoms with Crippen LogP contribution in [-0.2, 0) is 0 Å². The molecule has 60 valence electrons. The van der Waals surface area contributed by atoms with E-state index in [0.29, 0.717) is 0 Å². The van der Waals surface area contributed by atoms with E-state index < -0.39 is 0 Å². The van der Waals surface area contributed by atoms with Gasteiger partial charge in [0.15, 0.2) is 0 Å². The fraction of sp³-hybridized carbons (Fsp3) is 0.444. The largest absolute Gasteiger partial charge is 0.370 e. The van der Waals surface area contributed by atoms with Crippen LogP contribution < -0.4 is 5.32 Å². The number of aromatic nitrogens is 1. The molecule has 11 heavy (non-hydrogen) atoms. The van der Waals surface area contributed by atoms with Gasteiger partial charge in [-0.15, -0.1) is 0 Å². The monoisotopic (exact) mass is 150 g/mol. The SMILES string of the molecule is CCNc1cc(C)cc(C)n1. The van der Waals surface area contributed by atoms with Crippen LogP contribution in [0.25, 0.3) is 0 Å². The van der Waals surface area contributed by atoms with Crippen LogP contribution in [0.1, 0.15) is 18.2 Å². The molecule has 0 saturated heterocycles. The molecule has 0 amide bonds. The molecule has 0 aliphatic carbocycles. The molecule has 0 aliphatic heterocycles. The number of nitrogens with zero attached hydrogens (tertiary/aromatic N) is 1. The lowest BCUT2D eigenvalue weighted by Gasteiger charge is -2.03. The van der Waals surface area contributed by atoms with Crippen molar-refractivity contribution in [3.8, 4) is 0 Å². The maximum atomic E-state index is 4.31. The van der Waals surface area contributed by atoms with Crippen LogP contribution in [0.3, 0.4) is 0 Å². The van der Waals surface area contributed by atoms with Gasteiger partial charge in [-0.05, 0) is 38.5 Å². The number of aryl methyl sites for hydroxylation is 2. The highest BCUT2D eigenvalue weighted by Gasteiger charge is 1.93. The topological polar surface area (TPSA) is 24.9 Å². The predicted octanol–water partition coefficient (Wildman–Crippen LogP) is 2.13. The van der Waals surface area contributed by atoms with Gasteiger partial charge in [0.25, 0.3) is 0 Å². The Kier molecular flexibility index (Phi) is 2.47. The second-order valence-corrected chi connectivity index (χ2v) is 2.70. The molecule has 0 atom stereocenters. The number of hydrogen-bond acceptors (Lipinski definition) is 2. The lowest BCUT2D eigenvalue weighted by Crippen LogP contribution is -2.00. The fourth-order valence-electron chi connectivity index (χ4n) is 1.11. The Balaban J connectivity index is 2.89. The van der Waals surface area contributed by atoms with Crippen LogP contribution in [0.2, 0.25) is 0 Å². The van der Waals surface area contributed by atoms with Gasteiger partial charge in [0, 0.05) is 12.2 Å². The number of pyridine rings is 1. The summed E-state index contributed by atoms with van der Waals surface area (Å²) in [7, 11) is 0. The van der Waals surface area contributed by atoms with Gasteiger partial charge >= 0.3 is 0 Å². The first kappa shape index (κ1) is 8.05. The number of hydrogen-bond donors (Lipinski definition) is 1. The molecule has 0 radical (unpaired) electrons. The zero-order chi connectivity index (χ0) is 8.27. The highest BCUT2D eigenvalue weighted by molar-refractivity contribution is 5.38. The third kappa shape index (κ3) is 2.22. The third-order valence-electron chi connectivity index (χ3n) is 1.46. The minimum absolute atomic E-state index is 0.926. The predicted molar refractivity (Wildman–Crippen MR) is 47.9 cm³/mol. The average Bonchev–Trinajstić information content (AvgIpc) is 1.85. The van der Waals surface area contributed by atoms with Gasteiger partial charge in [0.2, 0.25) is 0 Å². The Morgan fingerprint density at radius 3 is 2.64 bits per heavy atom. The molecule has 0 spiro atoms. The summed E-state index contributed by atoms with van der Waals surface area (Å²) in [4.78, 5) is 4.31. The first-order chi connectivity index (χ1) is 5.22. The summed E-state index contributed by atoms with van der Waals surface area (Å²) in [5.41, 5.74) is 2.33. The van der Waals surface area contributed by atoms with Crippen LogP contribution in [0.15, 0.2) is 12.1 Å². The van der Waals surface area contributed by atoms with Gasteiger partial charge in [0.1, 0.15) is 5.82 Å². The standard InChI is InChI=1S/C9H14N2/c1-4-10-9-6-7(2)5-8(3)11-9/h5-6H,4H2,1-3H3,(H,10,11). The summed E-state index contributed by atoms with van der Waals surface area (Å²) in [6.45, 7) is 7.08. The summed E-state index contributed by atoms with van der Waals surface area (Å²) in [5.74, 6) is 0.977. The van der Waals surface area contributed by atoms with Gasteiger partial charge in [-0.3, -0.25) is 0 Å². The summed E-state index contributed by atoms with van der Waals surface area (Å²) in [6.07, 6.45) is 0. The zero-order valence-corrected chi connectivity index (χ0v) is 7.31. The minimum Gasteiger partial charge on any atom is -0.370 e. The maximum absolute atomic E-state index is 4.31. The number of nitrogens with one attached hydrogen (secondary N) is 1. The second-order valence-electron chi connectivity index (χ2n) is 2.70. The highest BCUT2D eigenvalue weighted by atomic mass is 15.0. The Morgan fingerprint density at radius 1 is 1.36 bits per heavy atom. The van der Waals surface area contributed by atoms with Crippen molar-refractivity contribution in [2.24, 2.45) is 0 Å². The lowest BCUT2D eigenvalue weighted by molar-refractivity contribution is 1.11. The molecule has 0 bridgehead atoms. The summed E-state index contributed by atoms with van der Waals surface area (Å²) < 4.78 is 0. The van der Waals surface area contributed by atoms with Gasteiger partial charge in [0.05, 0.1) is 0 Å². The Hall–Kier alpha value is -1.05. The van der Waals surface area contributed by atoms with E-state index in [1.807, 2.05) is 6.92 Å². The van der Waals surface area contributed by atoms with Crippen molar-refractivity contribution >= 4 is 5.82 Å². The van der Waals surface area contributed by atoms with E-state index in [1.54, 1.807) is 0 Å². The van der Waals surface area contributed by atoms with Crippen LogP contribution in [0, 0.1) is 13.8 Å². The van der Waals surface area contributed by atoms with E-state index in [2.05, 4.69) is 36.3 Å². The van der Waals surface area contributed by atoms with Crippen molar-refractivity contribution in [1.29, 1.82) is 0 Å². The third-order valence-corrected chi connectivity index (χ3v) is 1.46. The van der Waals surface area contributed by atoms with Crippen LogP contribution in [-0.4, -0.2) is 11.5 Å². The highest BCUT2D eigenvalue weighted by Crippen LogP contribution is 2.07. The van der Waals surface area contributed by atoms with Gasteiger partial charge < -0.3 is 5.32 Å². The normalized spacial score (nSPS) is 9.73. The van der Waals surface area contributed by atoms with Crippen LogP contribution in [0.4, 0.5) is 5.82 Å². The van der Waals surface area contributed by atoms with Crippen molar-refractivity contribution in [3.05, 3.63) is 23.4 Å². The second kappa shape index (κ2) is 3.37. The summed E-state index contributed by atoms with van der Waals surface area (Å²) in [6, 6.07) is 4.12. The molecule has 0 saturated carbocycles. The Labute approximate surface area is 67.7 Å². The summed E-state index contributed by atoms with van der Waals surface area (Å²) >= 11 is 0. The molecular formula is C9H14N2. The molecule has 2 nitrogen and oxygen atoms in total. The average molecular weight is 150 g/mol. The van der Waals surface area contributed by atoms with Crippen LogP contribution >= 0.6 is 0 Å². The molecule has 1 aromatic heterocycles. The molecule has 0 fully saturated rings. The molecule has 1 heterocycles. The molecule has 1 N–H and O–H groups in total. The zero-order valence-electron chi connectivity index (χ0n) is 7.31. The smallest absolute Gasteiger partial charge is 0.126 e. The molecule has 2 heteroatoms. The van der Waals surface area contributed by atoms with Crippen LogP contribution in [0.5, 0.6) is 0 Å². The molecular weight excluding hydrogens is 136 g/mol. The van der Waals surface area contributed by atoms with E-state index in [9.17, 15) is 0 Å². The lowest BCUT2D eigenvalue weighted by atomic mass is 10.2. The van der Waals surface area contributed by atoms with Gasteiger partial charge in [-0.1, -0.05) is 0 Å². The quantitative estimate of drug-likeness (QED) is 0.698. The van der Waals surface area contributed by atoms with Crippen molar-refractivity contribution in [3.63, 3.8) is 0 Å². The fourth-order valence-corrected chi connectivity index (χ4v) is 1.11. The molecule has 0 aromatic carbocycles. The number of anilines is 1. The number of rotatable bonds is 2. The van der Waals surface area contributed by atoms with E-state index in [4.69, 9.17) is 0 Å². The van der Waals surface area contributed by atoms with E-state index >= 15 is 0 Å².